The standard InChI is InChI=1S/C18H27NO3S/c1-17(2,3)22-15(20)4-9-19-10-7-18(8-11-19)16-14(5-12-21-18)6-13-23-16/h6,13H,4-5,7-12H2,1-3H3. The fourth-order valence-electron chi connectivity index (χ4n) is 3.51. The monoisotopic (exact) mass is 337 g/mol. The molecule has 3 heterocycles. The van der Waals surface area contributed by atoms with Crippen LogP contribution in [0.25, 0.3) is 0 Å². The van der Waals surface area contributed by atoms with Gasteiger partial charge in [0.25, 0.3) is 0 Å². The largest absolute Gasteiger partial charge is 0.460 e. The Kier molecular flexibility index (Phi) is 4.81. The molecular formula is C18H27NO3S. The van der Waals surface area contributed by atoms with Crippen LogP contribution in [0.1, 0.15) is 50.5 Å². The van der Waals surface area contributed by atoms with Crippen LogP contribution in [0.4, 0.5) is 0 Å². The zero-order valence-corrected chi connectivity index (χ0v) is 15.2. The minimum atomic E-state index is -0.394. The Morgan fingerprint density at radius 2 is 2.13 bits per heavy atom. The van der Waals surface area contributed by atoms with Crippen molar-refractivity contribution in [3.05, 3.63) is 21.9 Å². The maximum atomic E-state index is 11.9. The van der Waals surface area contributed by atoms with Crippen LogP contribution < -0.4 is 0 Å². The van der Waals surface area contributed by atoms with E-state index in [-0.39, 0.29) is 11.6 Å². The van der Waals surface area contributed by atoms with E-state index in [2.05, 4.69) is 16.3 Å². The Labute approximate surface area is 142 Å². The molecule has 4 nitrogen and oxygen atoms in total. The number of hydrogen-bond acceptors (Lipinski definition) is 5. The van der Waals surface area contributed by atoms with Crippen molar-refractivity contribution in [3.8, 4) is 0 Å². The third-order valence-electron chi connectivity index (χ3n) is 4.63. The van der Waals surface area contributed by atoms with Crippen LogP contribution in [-0.4, -0.2) is 42.7 Å². The highest BCUT2D eigenvalue weighted by Gasteiger charge is 2.41. The molecule has 0 atom stereocenters. The summed E-state index contributed by atoms with van der Waals surface area (Å²) < 4.78 is 11.6. The van der Waals surface area contributed by atoms with Crippen molar-refractivity contribution in [2.75, 3.05) is 26.2 Å². The molecule has 0 bridgehead atoms. The normalized spacial score (nSPS) is 21.2. The first-order chi connectivity index (χ1) is 10.9. The van der Waals surface area contributed by atoms with Crippen molar-refractivity contribution in [2.24, 2.45) is 0 Å². The molecule has 0 saturated carbocycles. The molecule has 0 aromatic carbocycles. The molecule has 5 heteroatoms. The molecule has 0 aliphatic carbocycles. The number of hydrogen-bond donors (Lipinski definition) is 0. The average Bonchev–Trinajstić information content (AvgIpc) is 2.95. The molecule has 0 radical (unpaired) electrons. The van der Waals surface area contributed by atoms with Crippen LogP contribution in [0.5, 0.6) is 0 Å². The number of carbonyl (C=O) groups excluding carboxylic acids is 1. The van der Waals surface area contributed by atoms with Gasteiger partial charge < -0.3 is 14.4 Å². The van der Waals surface area contributed by atoms with Crippen LogP contribution >= 0.6 is 11.3 Å². The third-order valence-corrected chi connectivity index (χ3v) is 5.77. The fourth-order valence-corrected chi connectivity index (χ4v) is 4.67. The van der Waals surface area contributed by atoms with Crippen molar-refractivity contribution in [1.82, 2.24) is 4.90 Å². The lowest BCUT2D eigenvalue weighted by Gasteiger charge is -2.43. The summed E-state index contributed by atoms with van der Waals surface area (Å²) in [5.74, 6) is -0.104. The van der Waals surface area contributed by atoms with Gasteiger partial charge in [-0.1, -0.05) is 0 Å². The summed E-state index contributed by atoms with van der Waals surface area (Å²) in [6.45, 7) is 9.32. The van der Waals surface area contributed by atoms with E-state index in [0.29, 0.717) is 6.42 Å². The zero-order chi connectivity index (χ0) is 16.5. The number of likely N-dealkylation sites (tertiary alicyclic amines) is 1. The van der Waals surface area contributed by atoms with Gasteiger partial charge in [0.2, 0.25) is 0 Å². The van der Waals surface area contributed by atoms with Crippen molar-refractivity contribution >= 4 is 17.3 Å². The van der Waals surface area contributed by atoms with Gasteiger partial charge in [-0.25, -0.2) is 0 Å². The van der Waals surface area contributed by atoms with Crippen LogP contribution in [0, 0.1) is 0 Å². The Bertz CT molecular complexity index is 553. The quantitative estimate of drug-likeness (QED) is 0.793. The SMILES string of the molecule is CC(C)(C)OC(=O)CCN1CCC2(CC1)OCCc1ccsc12. The van der Waals surface area contributed by atoms with E-state index in [1.807, 2.05) is 32.1 Å². The maximum Gasteiger partial charge on any atom is 0.307 e. The van der Waals surface area contributed by atoms with Gasteiger partial charge in [-0.05, 0) is 57.0 Å². The molecule has 23 heavy (non-hydrogen) atoms. The molecule has 0 N–H and O–H groups in total. The summed E-state index contributed by atoms with van der Waals surface area (Å²) in [4.78, 5) is 15.7. The average molecular weight is 337 g/mol. The predicted molar refractivity (Wildman–Crippen MR) is 91.8 cm³/mol. The predicted octanol–water partition coefficient (Wildman–Crippen LogP) is 3.34. The summed E-state index contributed by atoms with van der Waals surface area (Å²) in [6, 6.07) is 2.25. The van der Waals surface area contributed by atoms with Gasteiger partial charge in [0, 0.05) is 24.5 Å². The van der Waals surface area contributed by atoms with E-state index in [1.165, 1.54) is 10.4 Å². The smallest absolute Gasteiger partial charge is 0.307 e. The molecular weight excluding hydrogens is 310 g/mol. The number of piperidine rings is 1. The third kappa shape index (κ3) is 3.95. The number of carbonyl (C=O) groups is 1. The highest BCUT2D eigenvalue weighted by Crippen LogP contribution is 2.44. The number of rotatable bonds is 3. The number of fused-ring (bicyclic) bond motifs is 2. The molecule has 1 saturated heterocycles. The molecule has 1 spiro atoms. The van der Waals surface area contributed by atoms with Gasteiger partial charge in [-0.2, -0.15) is 0 Å². The van der Waals surface area contributed by atoms with E-state index in [1.54, 1.807) is 0 Å². The van der Waals surface area contributed by atoms with Crippen LogP contribution in [-0.2, 0) is 26.3 Å². The van der Waals surface area contributed by atoms with Gasteiger partial charge in [0.1, 0.15) is 11.2 Å². The van der Waals surface area contributed by atoms with E-state index in [4.69, 9.17) is 9.47 Å². The highest BCUT2D eigenvalue weighted by atomic mass is 32.1. The first-order valence-corrected chi connectivity index (χ1v) is 9.41. The molecule has 128 valence electrons. The number of esters is 1. The first kappa shape index (κ1) is 16.9. The zero-order valence-electron chi connectivity index (χ0n) is 14.4. The highest BCUT2D eigenvalue weighted by molar-refractivity contribution is 7.10. The van der Waals surface area contributed by atoms with Crippen LogP contribution in [0.2, 0.25) is 0 Å². The second-order valence-electron chi connectivity index (χ2n) is 7.55. The fraction of sp³-hybridized carbons (Fsp3) is 0.722. The van der Waals surface area contributed by atoms with Gasteiger partial charge >= 0.3 is 5.97 Å². The lowest BCUT2D eigenvalue weighted by Crippen LogP contribution is -2.46. The molecule has 3 rings (SSSR count). The molecule has 1 aromatic heterocycles. The Morgan fingerprint density at radius 3 is 2.83 bits per heavy atom. The number of nitrogens with zero attached hydrogens (tertiary/aromatic N) is 1. The second kappa shape index (κ2) is 6.54. The van der Waals surface area contributed by atoms with Crippen LogP contribution in [0.3, 0.4) is 0 Å². The summed E-state index contributed by atoms with van der Waals surface area (Å²) in [6.07, 6.45) is 3.56. The molecule has 0 amide bonds. The minimum absolute atomic E-state index is 0.0653. The lowest BCUT2D eigenvalue weighted by atomic mass is 9.85. The summed E-state index contributed by atoms with van der Waals surface area (Å²) in [5.41, 5.74) is 1.02. The summed E-state index contributed by atoms with van der Waals surface area (Å²) >= 11 is 1.84. The van der Waals surface area contributed by atoms with Crippen LogP contribution in [0.15, 0.2) is 11.4 Å². The first-order valence-electron chi connectivity index (χ1n) is 8.53. The van der Waals surface area contributed by atoms with Crippen molar-refractivity contribution in [3.63, 3.8) is 0 Å². The van der Waals surface area contributed by atoms with E-state index in [9.17, 15) is 4.79 Å². The van der Waals surface area contributed by atoms with Crippen molar-refractivity contribution in [1.29, 1.82) is 0 Å². The summed E-state index contributed by atoms with van der Waals surface area (Å²) in [7, 11) is 0. The molecule has 2 aliphatic rings. The molecule has 0 unspecified atom stereocenters. The van der Waals surface area contributed by atoms with E-state index >= 15 is 0 Å². The molecule has 1 fully saturated rings. The Morgan fingerprint density at radius 1 is 1.39 bits per heavy atom. The van der Waals surface area contributed by atoms with Gasteiger partial charge in [-0.3, -0.25) is 4.79 Å². The topological polar surface area (TPSA) is 38.8 Å². The second-order valence-corrected chi connectivity index (χ2v) is 8.46. The van der Waals surface area contributed by atoms with E-state index in [0.717, 1.165) is 45.5 Å². The lowest BCUT2D eigenvalue weighted by molar-refractivity contribution is -0.155. The van der Waals surface area contributed by atoms with Gasteiger partial charge in [0.15, 0.2) is 0 Å². The summed E-state index contributed by atoms with van der Waals surface area (Å²) in [5, 5.41) is 2.19. The maximum absolute atomic E-state index is 11.9. The Balaban J connectivity index is 1.51. The van der Waals surface area contributed by atoms with Crippen molar-refractivity contribution in [2.45, 2.75) is 57.7 Å². The number of thiophene rings is 1. The minimum Gasteiger partial charge on any atom is -0.460 e. The Hall–Kier alpha value is -0.910. The number of ether oxygens (including phenoxy) is 2. The van der Waals surface area contributed by atoms with Gasteiger partial charge in [-0.15, -0.1) is 11.3 Å². The van der Waals surface area contributed by atoms with Crippen molar-refractivity contribution < 1.29 is 14.3 Å². The van der Waals surface area contributed by atoms with Gasteiger partial charge in [0.05, 0.1) is 13.0 Å². The molecule has 1 aromatic rings. The molecule has 2 aliphatic heterocycles. The van der Waals surface area contributed by atoms with E-state index < -0.39 is 5.60 Å².